The predicted molar refractivity (Wildman–Crippen MR) is 77.1 cm³/mol. The molecule has 0 atom stereocenters. The van der Waals surface area contributed by atoms with Crippen LogP contribution in [0.4, 0.5) is 11.4 Å². The molecule has 0 aliphatic carbocycles. The maximum Gasteiger partial charge on any atom is 0.296 e. The van der Waals surface area contributed by atoms with E-state index in [-0.39, 0.29) is 5.69 Å². The minimum Gasteiger partial charge on any atom is -0.496 e. The number of ether oxygens (including phenoxy) is 1. The molecule has 1 aromatic heterocycles. The second-order valence-electron chi connectivity index (χ2n) is 4.34. The third kappa shape index (κ3) is 3.09. The number of rotatable bonds is 6. The molecule has 0 saturated carbocycles. The standard InChI is InChI=1S/C14H17N3O3/c1-3-16-7-6-11(10-16)9-15-13-5-4-12(20-2)8-14(13)17(18)19/h4-8,10,15H,3,9H2,1-2H3. The number of aryl methyl sites for hydroxylation is 1. The molecule has 0 spiro atoms. The minimum atomic E-state index is -0.415. The Kier molecular flexibility index (Phi) is 4.24. The van der Waals surface area contributed by atoms with Gasteiger partial charge in [-0.3, -0.25) is 10.1 Å². The zero-order valence-corrected chi connectivity index (χ0v) is 11.5. The van der Waals surface area contributed by atoms with Gasteiger partial charge in [-0.05, 0) is 30.7 Å². The molecule has 20 heavy (non-hydrogen) atoms. The summed E-state index contributed by atoms with van der Waals surface area (Å²) < 4.78 is 7.06. The van der Waals surface area contributed by atoms with Crippen LogP contribution in [-0.4, -0.2) is 16.6 Å². The molecule has 0 unspecified atom stereocenters. The first-order valence-electron chi connectivity index (χ1n) is 6.35. The van der Waals surface area contributed by atoms with E-state index >= 15 is 0 Å². The summed E-state index contributed by atoms with van der Waals surface area (Å²) in [6.45, 7) is 3.51. The molecule has 0 aliphatic heterocycles. The van der Waals surface area contributed by atoms with Gasteiger partial charge in [0.15, 0.2) is 0 Å². The van der Waals surface area contributed by atoms with Gasteiger partial charge < -0.3 is 14.6 Å². The molecule has 0 bridgehead atoms. The summed E-state index contributed by atoms with van der Waals surface area (Å²) in [5.41, 5.74) is 1.58. The number of hydrogen-bond acceptors (Lipinski definition) is 4. The number of nitrogens with one attached hydrogen (secondary N) is 1. The Bertz CT molecular complexity index is 607. The van der Waals surface area contributed by atoms with Crippen LogP contribution in [-0.2, 0) is 13.1 Å². The van der Waals surface area contributed by atoms with Crippen LogP contribution < -0.4 is 10.1 Å². The predicted octanol–water partition coefficient (Wildman–Crippen LogP) is 3.04. The van der Waals surface area contributed by atoms with Crippen molar-refractivity contribution in [2.24, 2.45) is 0 Å². The molecular formula is C14H17N3O3. The summed E-state index contributed by atoms with van der Waals surface area (Å²) in [6, 6.07) is 6.77. The van der Waals surface area contributed by atoms with Gasteiger partial charge in [0, 0.05) is 25.5 Å². The SMILES string of the molecule is CCn1ccc(CNc2ccc(OC)cc2[N+](=O)[O-])c1. The van der Waals surface area contributed by atoms with Crippen molar-refractivity contribution in [2.45, 2.75) is 20.0 Å². The fourth-order valence-corrected chi connectivity index (χ4v) is 1.93. The van der Waals surface area contributed by atoms with Gasteiger partial charge in [0.05, 0.1) is 18.1 Å². The summed E-state index contributed by atoms with van der Waals surface area (Å²) >= 11 is 0. The summed E-state index contributed by atoms with van der Waals surface area (Å²) in [5, 5.41) is 14.1. The molecule has 106 valence electrons. The Morgan fingerprint density at radius 2 is 2.20 bits per heavy atom. The molecule has 1 heterocycles. The molecule has 0 amide bonds. The van der Waals surface area contributed by atoms with Gasteiger partial charge in [-0.1, -0.05) is 0 Å². The quantitative estimate of drug-likeness (QED) is 0.650. The highest BCUT2D eigenvalue weighted by Crippen LogP contribution is 2.29. The maximum atomic E-state index is 11.1. The zero-order chi connectivity index (χ0) is 14.5. The normalized spacial score (nSPS) is 10.3. The number of nitro benzene ring substituents is 1. The smallest absolute Gasteiger partial charge is 0.296 e. The number of benzene rings is 1. The first-order valence-corrected chi connectivity index (χ1v) is 6.35. The lowest BCUT2D eigenvalue weighted by Crippen LogP contribution is -2.02. The van der Waals surface area contributed by atoms with E-state index in [0.717, 1.165) is 12.1 Å². The second kappa shape index (κ2) is 6.10. The fourth-order valence-electron chi connectivity index (χ4n) is 1.93. The minimum absolute atomic E-state index is 0.0132. The van der Waals surface area contributed by atoms with Crippen LogP contribution in [0.2, 0.25) is 0 Å². The zero-order valence-electron chi connectivity index (χ0n) is 11.5. The first kappa shape index (κ1) is 13.9. The monoisotopic (exact) mass is 275 g/mol. The van der Waals surface area contributed by atoms with Crippen LogP contribution in [0, 0.1) is 10.1 Å². The molecule has 6 nitrogen and oxygen atoms in total. The first-order chi connectivity index (χ1) is 9.63. The van der Waals surface area contributed by atoms with Gasteiger partial charge in [-0.25, -0.2) is 0 Å². The van der Waals surface area contributed by atoms with Crippen LogP contribution in [0.25, 0.3) is 0 Å². The molecule has 6 heteroatoms. The number of methoxy groups -OCH3 is 1. The largest absolute Gasteiger partial charge is 0.496 e. The van der Waals surface area contributed by atoms with Crippen molar-refractivity contribution in [3.05, 3.63) is 52.3 Å². The van der Waals surface area contributed by atoms with E-state index in [4.69, 9.17) is 4.74 Å². The van der Waals surface area contributed by atoms with E-state index < -0.39 is 4.92 Å². The number of nitro groups is 1. The Balaban J connectivity index is 2.14. The second-order valence-corrected chi connectivity index (χ2v) is 4.34. The fraction of sp³-hybridized carbons (Fsp3) is 0.286. The lowest BCUT2D eigenvalue weighted by atomic mass is 10.2. The van der Waals surface area contributed by atoms with Gasteiger partial charge in [0.2, 0.25) is 0 Å². The molecule has 0 fully saturated rings. The van der Waals surface area contributed by atoms with E-state index in [9.17, 15) is 10.1 Å². The molecule has 1 aromatic carbocycles. The Morgan fingerprint density at radius 1 is 1.40 bits per heavy atom. The number of anilines is 1. The van der Waals surface area contributed by atoms with Crippen LogP contribution in [0.3, 0.4) is 0 Å². The molecule has 0 saturated heterocycles. The topological polar surface area (TPSA) is 69.3 Å². The van der Waals surface area contributed by atoms with E-state index in [0.29, 0.717) is 18.0 Å². The van der Waals surface area contributed by atoms with E-state index in [1.165, 1.54) is 13.2 Å². The highest BCUT2D eigenvalue weighted by atomic mass is 16.6. The van der Waals surface area contributed by atoms with E-state index in [1.54, 1.807) is 12.1 Å². The Labute approximate surface area is 117 Å². The van der Waals surface area contributed by atoms with Crippen molar-refractivity contribution < 1.29 is 9.66 Å². The highest BCUT2D eigenvalue weighted by molar-refractivity contribution is 5.63. The van der Waals surface area contributed by atoms with Gasteiger partial charge in [-0.15, -0.1) is 0 Å². The molecule has 0 aliphatic rings. The van der Waals surface area contributed by atoms with Crippen molar-refractivity contribution in [3.8, 4) is 5.75 Å². The lowest BCUT2D eigenvalue weighted by Gasteiger charge is -2.07. The average Bonchev–Trinajstić information content (AvgIpc) is 2.92. The number of nitrogens with zero attached hydrogens (tertiary/aromatic N) is 2. The third-order valence-corrected chi connectivity index (χ3v) is 3.06. The molecule has 0 radical (unpaired) electrons. The summed E-state index contributed by atoms with van der Waals surface area (Å²) in [5.74, 6) is 0.472. The molecule has 1 N–H and O–H groups in total. The van der Waals surface area contributed by atoms with Gasteiger partial charge in [0.1, 0.15) is 11.4 Å². The average molecular weight is 275 g/mol. The van der Waals surface area contributed by atoms with Gasteiger partial charge in [0.25, 0.3) is 5.69 Å². The third-order valence-electron chi connectivity index (χ3n) is 3.06. The highest BCUT2D eigenvalue weighted by Gasteiger charge is 2.14. The molecule has 2 rings (SSSR count). The Hall–Kier alpha value is -2.50. The maximum absolute atomic E-state index is 11.1. The van der Waals surface area contributed by atoms with Crippen molar-refractivity contribution in [3.63, 3.8) is 0 Å². The van der Waals surface area contributed by atoms with E-state index in [1.807, 2.05) is 18.5 Å². The summed E-state index contributed by atoms with van der Waals surface area (Å²) in [4.78, 5) is 10.6. The number of hydrogen-bond donors (Lipinski definition) is 1. The van der Waals surface area contributed by atoms with Crippen molar-refractivity contribution in [1.82, 2.24) is 4.57 Å². The number of aromatic nitrogens is 1. The van der Waals surface area contributed by atoms with Gasteiger partial charge >= 0.3 is 0 Å². The van der Waals surface area contributed by atoms with Crippen LogP contribution >= 0.6 is 0 Å². The molecular weight excluding hydrogens is 258 g/mol. The van der Waals surface area contributed by atoms with Crippen molar-refractivity contribution in [2.75, 3.05) is 12.4 Å². The van der Waals surface area contributed by atoms with Crippen LogP contribution in [0.1, 0.15) is 12.5 Å². The molecule has 2 aromatic rings. The van der Waals surface area contributed by atoms with Crippen LogP contribution in [0.5, 0.6) is 5.75 Å². The van der Waals surface area contributed by atoms with Crippen molar-refractivity contribution >= 4 is 11.4 Å². The van der Waals surface area contributed by atoms with Gasteiger partial charge in [-0.2, -0.15) is 0 Å². The van der Waals surface area contributed by atoms with Crippen LogP contribution in [0.15, 0.2) is 36.7 Å². The lowest BCUT2D eigenvalue weighted by molar-refractivity contribution is -0.384. The summed E-state index contributed by atoms with van der Waals surface area (Å²) in [7, 11) is 1.49. The Morgan fingerprint density at radius 3 is 2.80 bits per heavy atom. The van der Waals surface area contributed by atoms with E-state index in [2.05, 4.69) is 16.8 Å². The van der Waals surface area contributed by atoms with Crippen molar-refractivity contribution in [1.29, 1.82) is 0 Å². The summed E-state index contributed by atoms with van der Waals surface area (Å²) in [6.07, 6.45) is 4.00.